The number of aliphatic hydroxyl groups excluding tert-OH is 1. The summed E-state index contributed by atoms with van der Waals surface area (Å²) in [6, 6.07) is 0. The number of rotatable bonds is 72. The molecule has 0 aliphatic carbocycles. The molecule has 0 aromatic heterocycles. The zero-order valence-electron chi connectivity index (χ0n) is 61.6. The van der Waals surface area contributed by atoms with Gasteiger partial charge in [-0.05, 0) is 49.4 Å². The molecule has 0 amide bonds. The van der Waals surface area contributed by atoms with Crippen molar-refractivity contribution in [2.75, 3.05) is 39.6 Å². The molecule has 19 heteroatoms. The highest BCUT2D eigenvalue weighted by Crippen LogP contribution is 2.45. The van der Waals surface area contributed by atoms with E-state index in [-0.39, 0.29) is 25.7 Å². The second-order valence-electron chi connectivity index (χ2n) is 28.5. The zero-order chi connectivity index (χ0) is 69.6. The average Bonchev–Trinajstić information content (AvgIpc) is 1.79. The number of carbonyl (C=O) groups is 4. The van der Waals surface area contributed by atoms with Crippen molar-refractivity contribution in [1.82, 2.24) is 0 Å². The SMILES string of the molecule is CCC(C)CCCCCCCCCCCCC(=O)OC[C@H](COP(=O)(O)OC[C@@H](O)COP(=O)(O)OC[C@@H](COC(=O)CCCCCCCCC(C)C)OC(=O)CCCCCCCCCCCCCCCCC(C)C)OC(=O)CCCCCCCCCCCCC(C)CC. The predicted molar refractivity (Wildman–Crippen MR) is 381 cm³/mol. The Morgan fingerprint density at radius 1 is 0.298 bits per heavy atom. The highest BCUT2D eigenvalue weighted by atomic mass is 31.2. The lowest BCUT2D eigenvalue weighted by atomic mass is 9.99. The second-order valence-corrected chi connectivity index (χ2v) is 31.4. The molecule has 4 unspecified atom stereocenters. The van der Waals surface area contributed by atoms with Gasteiger partial charge in [-0.2, -0.15) is 0 Å². The van der Waals surface area contributed by atoms with E-state index in [9.17, 15) is 43.2 Å². The largest absolute Gasteiger partial charge is 0.472 e. The van der Waals surface area contributed by atoms with Crippen LogP contribution in [0, 0.1) is 23.7 Å². The van der Waals surface area contributed by atoms with Gasteiger partial charge in [-0.1, -0.05) is 325 Å². The number of carbonyl (C=O) groups excluding carboxylic acids is 4. The minimum atomic E-state index is -4.96. The van der Waals surface area contributed by atoms with Gasteiger partial charge in [0, 0.05) is 25.7 Å². The highest BCUT2D eigenvalue weighted by Gasteiger charge is 2.30. The molecule has 3 N–H and O–H groups in total. The predicted octanol–water partition coefficient (Wildman–Crippen LogP) is 21.7. The minimum Gasteiger partial charge on any atom is -0.462 e. The smallest absolute Gasteiger partial charge is 0.462 e. The first kappa shape index (κ1) is 92.1. The average molecular weight is 1380 g/mol. The monoisotopic (exact) mass is 1380 g/mol. The van der Waals surface area contributed by atoms with Crippen LogP contribution in [0.25, 0.3) is 0 Å². The van der Waals surface area contributed by atoms with Crippen molar-refractivity contribution in [3.8, 4) is 0 Å². The first-order chi connectivity index (χ1) is 45.2. The number of esters is 4. The standard InChI is InChI=1S/C75H146O17P2/c1-9-67(7)53-45-37-28-22-17-19-24-30-39-47-55-72(77)85-61-70(91-75(80)58-50-42-32-26-20-18-23-29-38-46-54-68(8)10-2)63-89-93(81,82)87-59-69(76)60-88-94(83,84)90-64-71(62-86-73(78)56-48-40-34-33-36-44-52-66(5)6)92-74(79)57-49-41-31-25-16-14-12-11-13-15-21-27-35-43-51-65(3)4/h65-71,76H,9-64H2,1-8H3,(H,81,82)(H,83,84)/t67?,68?,69-,70-,71-/m1/s1. The Morgan fingerprint density at radius 2 is 0.511 bits per heavy atom. The van der Waals surface area contributed by atoms with Crippen LogP contribution in [0.1, 0.15) is 376 Å². The molecular weight excluding hydrogens is 1230 g/mol. The Morgan fingerprint density at radius 3 is 0.755 bits per heavy atom. The first-order valence-electron chi connectivity index (χ1n) is 38.8. The van der Waals surface area contributed by atoms with Gasteiger partial charge in [0.1, 0.15) is 19.3 Å². The number of hydrogen-bond acceptors (Lipinski definition) is 15. The van der Waals surface area contributed by atoms with Crippen LogP contribution in [0.2, 0.25) is 0 Å². The molecule has 0 aromatic carbocycles. The summed E-state index contributed by atoms with van der Waals surface area (Å²) in [5.41, 5.74) is 0. The van der Waals surface area contributed by atoms with E-state index in [1.807, 2.05) is 0 Å². The summed E-state index contributed by atoms with van der Waals surface area (Å²) in [7, 11) is -9.91. The quantitative estimate of drug-likeness (QED) is 0.0222. The van der Waals surface area contributed by atoms with Crippen LogP contribution in [0.15, 0.2) is 0 Å². The number of aliphatic hydroxyl groups is 1. The maximum atomic E-state index is 13.1. The molecule has 0 radical (unpaired) electrons. The molecule has 0 aliphatic heterocycles. The molecule has 0 saturated heterocycles. The van der Waals surface area contributed by atoms with Crippen molar-refractivity contribution in [2.24, 2.45) is 23.7 Å². The van der Waals surface area contributed by atoms with Gasteiger partial charge < -0.3 is 33.8 Å². The summed E-state index contributed by atoms with van der Waals surface area (Å²) in [5, 5.41) is 10.6. The van der Waals surface area contributed by atoms with Gasteiger partial charge in [0.05, 0.1) is 26.4 Å². The topological polar surface area (TPSA) is 237 Å². The van der Waals surface area contributed by atoms with Gasteiger partial charge in [0.2, 0.25) is 0 Å². The lowest BCUT2D eigenvalue weighted by Gasteiger charge is -2.21. The second kappa shape index (κ2) is 64.4. The Labute approximate surface area is 575 Å². The number of phosphoric acid groups is 2. The third-order valence-corrected chi connectivity index (χ3v) is 19.9. The molecule has 94 heavy (non-hydrogen) atoms. The summed E-state index contributed by atoms with van der Waals surface area (Å²) in [6.07, 6.45) is 48.5. The molecule has 17 nitrogen and oxygen atoms in total. The van der Waals surface area contributed by atoms with E-state index in [0.717, 1.165) is 114 Å². The number of phosphoric ester groups is 2. The van der Waals surface area contributed by atoms with E-state index in [0.29, 0.717) is 31.6 Å². The van der Waals surface area contributed by atoms with Gasteiger partial charge in [-0.25, -0.2) is 9.13 Å². The Hall–Kier alpha value is -1.94. The lowest BCUT2D eigenvalue weighted by Crippen LogP contribution is -2.30. The Bertz CT molecular complexity index is 1850. The van der Waals surface area contributed by atoms with Crippen molar-refractivity contribution in [3.05, 3.63) is 0 Å². The van der Waals surface area contributed by atoms with Crippen LogP contribution in [0.4, 0.5) is 0 Å². The molecule has 0 spiro atoms. The molecule has 0 rings (SSSR count). The van der Waals surface area contributed by atoms with Gasteiger partial charge in [0.15, 0.2) is 12.2 Å². The van der Waals surface area contributed by atoms with E-state index < -0.39 is 97.5 Å². The van der Waals surface area contributed by atoms with Gasteiger partial charge in [-0.3, -0.25) is 37.3 Å². The summed E-state index contributed by atoms with van der Waals surface area (Å²) >= 11 is 0. The summed E-state index contributed by atoms with van der Waals surface area (Å²) in [6.45, 7) is 14.2. The summed E-state index contributed by atoms with van der Waals surface area (Å²) in [5.74, 6) is 0.963. The van der Waals surface area contributed by atoms with Crippen LogP contribution in [0.5, 0.6) is 0 Å². The van der Waals surface area contributed by atoms with Crippen LogP contribution in [0.3, 0.4) is 0 Å². The fourth-order valence-corrected chi connectivity index (χ4v) is 12.9. The third kappa shape index (κ3) is 66.0. The van der Waals surface area contributed by atoms with Crippen LogP contribution in [-0.2, 0) is 65.4 Å². The van der Waals surface area contributed by atoms with E-state index in [4.69, 9.17) is 37.0 Å². The molecule has 0 saturated carbocycles. The molecule has 558 valence electrons. The van der Waals surface area contributed by atoms with Crippen LogP contribution < -0.4 is 0 Å². The number of unbranched alkanes of at least 4 members (excludes halogenated alkanes) is 36. The maximum Gasteiger partial charge on any atom is 0.472 e. The summed E-state index contributed by atoms with van der Waals surface area (Å²) < 4.78 is 68.5. The molecular formula is C75H146O17P2. The van der Waals surface area contributed by atoms with Crippen molar-refractivity contribution in [3.63, 3.8) is 0 Å². The molecule has 0 heterocycles. The van der Waals surface area contributed by atoms with Gasteiger partial charge in [0.25, 0.3) is 0 Å². The molecule has 0 fully saturated rings. The molecule has 0 bridgehead atoms. The Kier molecular flexibility index (Phi) is 63.1. The van der Waals surface area contributed by atoms with Gasteiger partial charge >= 0.3 is 39.5 Å². The van der Waals surface area contributed by atoms with E-state index in [1.165, 1.54) is 173 Å². The Balaban J connectivity index is 5.24. The fourth-order valence-electron chi connectivity index (χ4n) is 11.3. The lowest BCUT2D eigenvalue weighted by molar-refractivity contribution is -0.161. The minimum absolute atomic E-state index is 0.106. The van der Waals surface area contributed by atoms with Crippen molar-refractivity contribution >= 4 is 39.5 Å². The molecule has 0 aromatic rings. The van der Waals surface area contributed by atoms with E-state index in [1.54, 1.807) is 0 Å². The van der Waals surface area contributed by atoms with Gasteiger partial charge in [-0.15, -0.1) is 0 Å². The van der Waals surface area contributed by atoms with Crippen LogP contribution in [-0.4, -0.2) is 96.7 Å². The normalized spacial score (nSPS) is 14.7. The number of ether oxygens (including phenoxy) is 4. The summed E-state index contributed by atoms with van der Waals surface area (Å²) in [4.78, 5) is 72.8. The van der Waals surface area contributed by atoms with Crippen molar-refractivity contribution in [1.29, 1.82) is 0 Å². The van der Waals surface area contributed by atoms with Crippen molar-refractivity contribution < 1.29 is 80.2 Å². The van der Waals surface area contributed by atoms with E-state index >= 15 is 0 Å². The molecule has 0 aliphatic rings. The van der Waals surface area contributed by atoms with Crippen LogP contribution >= 0.6 is 15.6 Å². The zero-order valence-corrected chi connectivity index (χ0v) is 63.4. The molecule has 7 atom stereocenters. The fraction of sp³-hybridized carbons (Fsp3) is 0.947. The van der Waals surface area contributed by atoms with E-state index in [2.05, 4.69) is 55.4 Å². The third-order valence-electron chi connectivity index (χ3n) is 18.0. The first-order valence-corrected chi connectivity index (χ1v) is 41.8. The maximum absolute atomic E-state index is 13.1. The van der Waals surface area contributed by atoms with Crippen molar-refractivity contribution in [2.45, 2.75) is 395 Å². The number of hydrogen-bond donors (Lipinski definition) is 3. The highest BCUT2D eigenvalue weighted by molar-refractivity contribution is 7.47.